The molecule has 0 amide bonds. The molecule has 0 spiro atoms. The van der Waals surface area contributed by atoms with Crippen molar-refractivity contribution in [1.29, 1.82) is 0 Å². The first-order valence-corrected chi connectivity index (χ1v) is 8.71. The quantitative estimate of drug-likeness (QED) is 0.392. The van der Waals surface area contributed by atoms with Gasteiger partial charge in [0.1, 0.15) is 6.34 Å². The molecule has 0 aromatic rings. The van der Waals surface area contributed by atoms with Crippen LogP contribution in [0.2, 0.25) is 0 Å². The molecule has 0 aliphatic carbocycles. The second-order valence-electron chi connectivity index (χ2n) is 3.75. The average molecular weight is 218 g/mol. The first-order valence-electron chi connectivity index (χ1n) is 5.04. The molecule has 1 unspecified atom stereocenters. The Labute approximate surface area is 85.5 Å². The van der Waals surface area contributed by atoms with E-state index in [1.165, 1.54) is 24.8 Å². The second-order valence-corrected chi connectivity index (χ2v) is 9.49. The summed E-state index contributed by atoms with van der Waals surface area (Å²) in [7, 11) is 0. The van der Waals surface area contributed by atoms with E-state index in [-0.39, 0.29) is 0 Å². The lowest BCUT2D eigenvalue weighted by Crippen LogP contribution is -1.85. The lowest BCUT2D eigenvalue weighted by atomic mass is 10.3. The van der Waals surface area contributed by atoms with E-state index in [4.69, 9.17) is 0 Å². The maximum atomic E-state index is 12.1. The minimum Gasteiger partial charge on any atom is -0.311 e. The molecule has 1 rings (SSSR count). The first-order chi connectivity index (χ1) is 6.16. The molecule has 0 radical (unpaired) electrons. The van der Waals surface area contributed by atoms with E-state index in [0.29, 0.717) is 0 Å². The summed E-state index contributed by atoms with van der Waals surface area (Å²) in [5, 5.41) is 0. The number of unbranched alkanes of at least 4 members (excludes halogenated alkanes) is 2. The lowest BCUT2D eigenvalue weighted by Gasteiger charge is -2.10. The van der Waals surface area contributed by atoms with E-state index < -0.39 is 6.34 Å². The SMILES string of the molecule is CCCCCSP1(=O)CC=C(C)C1. The molecular weight excluding hydrogens is 199 g/mol. The number of rotatable bonds is 5. The van der Waals surface area contributed by atoms with Gasteiger partial charge >= 0.3 is 0 Å². The molecule has 0 aromatic heterocycles. The summed E-state index contributed by atoms with van der Waals surface area (Å²) in [6.45, 7) is 4.29. The Morgan fingerprint density at radius 1 is 1.54 bits per heavy atom. The Morgan fingerprint density at radius 3 is 2.85 bits per heavy atom. The topological polar surface area (TPSA) is 17.1 Å². The molecule has 0 bridgehead atoms. The molecule has 1 atom stereocenters. The van der Waals surface area contributed by atoms with Crippen LogP contribution in [-0.2, 0) is 4.57 Å². The Kier molecular flexibility index (Phi) is 4.61. The van der Waals surface area contributed by atoms with Crippen LogP contribution >= 0.6 is 17.7 Å². The second kappa shape index (κ2) is 5.26. The van der Waals surface area contributed by atoms with Gasteiger partial charge in [0.05, 0.1) is 0 Å². The van der Waals surface area contributed by atoms with Crippen molar-refractivity contribution >= 4 is 17.7 Å². The van der Waals surface area contributed by atoms with Crippen LogP contribution in [0, 0.1) is 0 Å². The van der Waals surface area contributed by atoms with Gasteiger partial charge in [0, 0.05) is 18.1 Å². The zero-order valence-corrected chi connectivity index (χ0v) is 10.3. The van der Waals surface area contributed by atoms with E-state index >= 15 is 0 Å². The summed E-state index contributed by atoms with van der Waals surface area (Å²) in [4.78, 5) is 0. The fraction of sp³-hybridized carbons (Fsp3) is 0.800. The third-order valence-corrected chi connectivity index (χ3v) is 7.74. The van der Waals surface area contributed by atoms with Crippen LogP contribution in [-0.4, -0.2) is 18.1 Å². The van der Waals surface area contributed by atoms with Crippen molar-refractivity contribution < 1.29 is 4.57 Å². The molecule has 3 heteroatoms. The minimum absolute atomic E-state index is 0.843. The highest BCUT2D eigenvalue weighted by Crippen LogP contribution is 2.62. The van der Waals surface area contributed by atoms with Gasteiger partial charge in [0.25, 0.3) is 0 Å². The number of hydrogen-bond donors (Lipinski definition) is 0. The van der Waals surface area contributed by atoms with Gasteiger partial charge in [-0.05, 0) is 13.3 Å². The van der Waals surface area contributed by atoms with Gasteiger partial charge in [-0.25, -0.2) is 0 Å². The standard InChI is InChI=1S/C10H19OPS/c1-3-4-5-8-13-12(11)7-6-10(2)9-12/h6H,3-5,7-9H2,1-2H3. The number of allylic oxidation sites excluding steroid dienone is 2. The molecule has 1 heterocycles. The van der Waals surface area contributed by atoms with E-state index in [1.807, 2.05) is 0 Å². The van der Waals surface area contributed by atoms with Crippen molar-refractivity contribution in [3.8, 4) is 0 Å². The third-order valence-electron chi connectivity index (χ3n) is 2.28. The fourth-order valence-electron chi connectivity index (χ4n) is 1.49. The molecule has 0 aromatic carbocycles. The largest absolute Gasteiger partial charge is 0.311 e. The predicted molar refractivity (Wildman–Crippen MR) is 63.1 cm³/mol. The van der Waals surface area contributed by atoms with Gasteiger partial charge in [0.2, 0.25) is 0 Å². The molecule has 1 aliphatic heterocycles. The minimum atomic E-state index is -1.84. The smallest absolute Gasteiger partial charge is 0.146 e. The van der Waals surface area contributed by atoms with Gasteiger partial charge < -0.3 is 4.57 Å². The molecule has 0 N–H and O–H groups in total. The van der Waals surface area contributed by atoms with Crippen LogP contribution in [0.1, 0.15) is 33.1 Å². The molecule has 76 valence electrons. The molecule has 1 nitrogen and oxygen atoms in total. The Bertz CT molecular complexity index is 235. The first kappa shape index (κ1) is 11.4. The summed E-state index contributed by atoms with van der Waals surface area (Å²) in [6.07, 6.45) is 5.77. The molecule has 0 fully saturated rings. The van der Waals surface area contributed by atoms with Crippen LogP contribution in [0.15, 0.2) is 11.6 Å². The van der Waals surface area contributed by atoms with Crippen LogP contribution in [0.25, 0.3) is 0 Å². The van der Waals surface area contributed by atoms with Gasteiger partial charge in [0.15, 0.2) is 0 Å². The summed E-state index contributed by atoms with van der Waals surface area (Å²) in [5.74, 6) is 1.09. The monoisotopic (exact) mass is 218 g/mol. The summed E-state index contributed by atoms with van der Waals surface area (Å²) in [5.41, 5.74) is 1.33. The van der Waals surface area contributed by atoms with Gasteiger partial charge in [-0.15, -0.1) is 0 Å². The third kappa shape index (κ3) is 3.91. The highest BCUT2D eigenvalue weighted by atomic mass is 32.7. The zero-order valence-electron chi connectivity index (χ0n) is 8.58. The lowest BCUT2D eigenvalue weighted by molar-refractivity contribution is 0.589. The van der Waals surface area contributed by atoms with Crippen molar-refractivity contribution in [1.82, 2.24) is 0 Å². The van der Waals surface area contributed by atoms with Crippen molar-refractivity contribution in [3.63, 3.8) is 0 Å². The van der Waals surface area contributed by atoms with Crippen LogP contribution in [0.4, 0.5) is 0 Å². The van der Waals surface area contributed by atoms with Crippen LogP contribution < -0.4 is 0 Å². The average Bonchev–Trinajstić information content (AvgIpc) is 2.41. The van der Waals surface area contributed by atoms with Gasteiger partial charge in [-0.1, -0.05) is 42.8 Å². The van der Waals surface area contributed by atoms with Crippen molar-refractivity contribution in [2.24, 2.45) is 0 Å². The highest BCUT2D eigenvalue weighted by Gasteiger charge is 2.26. The summed E-state index contributed by atoms with van der Waals surface area (Å²) in [6, 6.07) is 0. The molecular formula is C10H19OPS. The van der Waals surface area contributed by atoms with Crippen molar-refractivity contribution in [3.05, 3.63) is 11.6 Å². The predicted octanol–water partition coefficient (Wildman–Crippen LogP) is 4.15. The van der Waals surface area contributed by atoms with Gasteiger partial charge in [-0.3, -0.25) is 0 Å². The summed E-state index contributed by atoms with van der Waals surface area (Å²) < 4.78 is 12.1. The molecule has 0 saturated heterocycles. The normalized spacial score (nSPS) is 27.7. The molecule has 0 saturated carbocycles. The van der Waals surface area contributed by atoms with Crippen molar-refractivity contribution in [2.75, 3.05) is 18.1 Å². The van der Waals surface area contributed by atoms with E-state index in [1.54, 1.807) is 11.4 Å². The van der Waals surface area contributed by atoms with Crippen LogP contribution in [0.5, 0.6) is 0 Å². The fourth-order valence-corrected chi connectivity index (χ4v) is 6.77. The maximum Gasteiger partial charge on any atom is 0.146 e. The number of hydrogen-bond acceptors (Lipinski definition) is 2. The van der Waals surface area contributed by atoms with E-state index in [2.05, 4.69) is 19.9 Å². The van der Waals surface area contributed by atoms with Crippen LogP contribution in [0.3, 0.4) is 0 Å². The highest BCUT2D eigenvalue weighted by molar-refractivity contribution is 8.58. The summed E-state index contributed by atoms with van der Waals surface area (Å²) >= 11 is 1.73. The molecule has 13 heavy (non-hydrogen) atoms. The Balaban J connectivity index is 2.19. The van der Waals surface area contributed by atoms with E-state index in [0.717, 1.165) is 18.1 Å². The van der Waals surface area contributed by atoms with Crippen molar-refractivity contribution in [2.45, 2.75) is 33.1 Å². The maximum absolute atomic E-state index is 12.1. The zero-order chi connectivity index (χ0) is 9.73. The van der Waals surface area contributed by atoms with Gasteiger partial charge in [-0.2, -0.15) is 0 Å². The Morgan fingerprint density at radius 2 is 2.31 bits per heavy atom. The Hall–Kier alpha value is 0.320. The van der Waals surface area contributed by atoms with E-state index in [9.17, 15) is 4.57 Å². The molecule has 1 aliphatic rings.